The molecule has 0 heterocycles. The lowest BCUT2D eigenvalue weighted by Crippen LogP contribution is -2.53. The van der Waals surface area contributed by atoms with Crippen LogP contribution >= 0.6 is 11.6 Å². The Morgan fingerprint density at radius 1 is 0.818 bits per heavy atom. The zero-order valence-corrected chi connectivity index (χ0v) is 26.8. The van der Waals surface area contributed by atoms with Crippen LogP contribution in [0.2, 0.25) is 5.02 Å². The molecule has 0 saturated carbocycles. The second-order valence-corrected chi connectivity index (χ2v) is 13.5. The minimum absolute atomic E-state index is 0.00123. The molecular weight excluding hydrogens is 594 g/mol. The van der Waals surface area contributed by atoms with Crippen molar-refractivity contribution in [3.05, 3.63) is 131 Å². The lowest BCUT2D eigenvalue weighted by atomic mass is 10.0. The summed E-state index contributed by atoms with van der Waals surface area (Å²) in [6.45, 7) is 5.91. The van der Waals surface area contributed by atoms with Crippen LogP contribution in [-0.2, 0) is 32.6 Å². The summed E-state index contributed by atoms with van der Waals surface area (Å²) in [7, 11) is -4.19. The first-order chi connectivity index (χ1) is 21.0. The summed E-state index contributed by atoms with van der Waals surface area (Å²) in [5.41, 5.74) is 2.88. The number of nitrogens with zero attached hydrogens (tertiary/aromatic N) is 2. The Bertz CT molecular complexity index is 1650. The monoisotopic (exact) mass is 631 g/mol. The second kappa shape index (κ2) is 15.0. The molecule has 1 atom stereocenters. The molecule has 2 amide bonds. The van der Waals surface area contributed by atoms with Crippen molar-refractivity contribution < 1.29 is 18.0 Å². The topological polar surface area (TPSA) is 86.8 Å². The quantitative estimate of drug-likeness (QED) is 0.189. The third-order valence-electron chi connectivity index (χ3n) is 7.12. The van der Waals surface area contributed by atoms with Crippen LogP contribution in [0.3, 0.4) is 0 Å². The number of hydrogen-bond acceptors (Lipinski definition) is 4. The van der Waals surface area contributed by atoms with Gasteiger partial charge in [-0.1, -0.05) is 98.2 Å². The fourth-order valence-electron chi connectivity index (χ4n) is 4.80. The molecule has 0 saturated heterocycles. The number of halogens is 1. The molecule has 7 nitrogen and oxygen atoms in total. The molecule has 0 aromatic heterocycles. The van der Waals surface area contributed by atoms with E-state index in [4.69, 9.17) is 11.6 Å². The molecule has 0 bridgehead atoms. The number of rotatable bonds is 13. The van der Waals surface area contributed by atoms with Gasteiger partial charge in [0.15, 0.2) is 0 Å². The van der Waals surface area contributed by atoms with Crippen LogP contribution in [0.5, 0.6) is 0 Å². The van der Waals surface area contributed by atoms with Crippen molar-refractivity contribution in [3.8, 4) is 0 Å². The first-order valence-corrected chi connectivity index (χ1v) is 16.4. The molecular formula is C35H38ClN3O4S. The Kier molecular flexibility index (Phi) is 11.2. The predicted octanol–water partition coefficient (Wildman–Crippen LogP) is 6.26. The fraction of sp³-hybridized carbons (Fsp3) is 0.257. The maximum absolute atomic E-state index is 14.4. The van der Waals surface area contributed by atoms with Gasteiger partial charge in [-0.25, -0.2) is 8.42 Å². The van der Waals surface area contributed by atoms with Crippen molar-refractivity contribution in [1.82, 2.24) is 10.2 Å². The number of aryl methyl sites for hydroxylation is 1. The van der Waals surface area contributed by atoms with Crippen LogP contribution in [0.4, 0.5) is 5.69 Å². The van der Waals surface area contributed by atoms with Gasteiger partial charge in [-0.2, -0.15) is 0 Å². The zero-order valence-electron chi connectivity index (χ0n) is 25.2. The summed E-state index contributed by atoms with van der Waals surface area (Å²) >= 11 is 6.05. The van der Waals surface area contributed by atoms with Gasteiger partial charge < -0.3 is 10.2 Å². The number of carbonyl (C=O) groups excluding carboxylic acids is 2. The van der Waals surface area contributed by atoms with E-state index < -0.39 is 28.5 Å². The van der Waals surface area contributed by atoms with Crippen LogP contribution in [0.1, 0.15) is 30.5 Å². The van der Waals surface area contributed by atoms with E-state index >= 15 is 0 Å². The Morgan fingerprint density at radius 2 is 1.43 bits per heavy atom. The van der Waals surface area contributed by atoms with Gasteiger partial charge in [0.25, 0.3) is 10.0 Å². The summed E-state index contributed by atoms with van der Waals surface area (Å²) in [6, 6.07) is 30.8. The molecule has 9 heteroatoms. The largest absolute Gasteiger partial charge is 0.354 e. The number of sulfonamides is 1. The van der Waals surface area contributed by atoms with E-state index in [1.165, 1.54) is 29.2 Å². The van der Waals surface area contributed by atoms with E-state index in [0.29, 0.717) is 17.3 Å². The van der Waals surface area contributed by atoms with E-state index in [2.05, 4.69) is 5.32 Å². The number of benzene rings is 4. The average Bonchev–Trinajstić information content (AvgIpc) is 3.01. The SMILES string of the molecule is Cc1cccc(N(CC(=O)N(Cc2ccccc2)C(Cc2ccccc2)C(=O)NCC(C)C)S(=O)(=O)c2ccc(Cl)cc2)c1. The average molecular weight is 632 g/mol. The summed E-state index contributed by atoms with van der Waals surface area (Å²) in [4.78, 5) is 29.7. The number of anilines is 1. The molecule has 0 radical (unpaired) electrons. The number of nitrogens with one attached hydrogen (secondary N) is 1. The smallest absolute Gasteiger partial charge is 0.264 e. The number of hydrogen-bond donors (Lipinski definition) is 1. The molecule has 0 aliphatic carbocycles. The van der Waals surface area contributed by atoms with Crippen LogP contribution in [0, 0.1) is 12.8 Å². The standard InChI is InChI=1S/C35H38ClN3O4S/c1-26(2)23-37-35(41)33(22-28-12-6-4-7-13-28)38(24-29-14-8-5-9-15-29)34(40)25-39(31-16-10-11-27(3)21-31)44(42,43)32-19-17-30(36)18-20-32/h4-21,26,33H,22-25H2,1-3H3,(H,37,41). The van der Waals surface area contributed by atoms with E-state index in [9.17, 15) is 18.0 Å². The van der Waals surface area contributed by atoms with Crippen LogP contribution in [0.15, 0.2) is 114 Å². The van der Waals surface area contributed by atoms with Crippen molar-refractivity contribution >= 4 is 39.1 Å². The molecule has 230 valence electrons. The van der Waals surface area contributed by atoms with Gasteiger partial charge >= 0.3 is 0 Å². The summed E-state index contributed by atoms with van der Waals surface area (Å²) in [5, 5.41) is 3.40. The Balaban J connectivity index is 1.78. The first-order valence-electron chi connectivity index (χ1n) is 14.5. The molecule has 0 aliphatic heterocycles. The van der Waals surface area contributed by atoms with Gasteiger partial charge in [-0.3, -0.25) is 13.9 Å². The normalized spacial score (nSPS) is 12.0. The molecule has 0 spiro atoms. The molecule has 44 heavy (non-hydrogen) atoms. The van der Waals surface area contributed by atoms with Gasteiger partial charge in [-0.05, 0) is 65.9 Å². The van der Waals surface area contributed by atoms with E-state index in [-0.39, 0.29) is 29.7 Å². The second-order valence-electron chi connectivity index (χ2n) is 11.2. The van der Waals surface area contributed by atoms with E-state index in [1.54, 1.807) is 18.2 Å². The van der Waals surface area contributed by atoms with E-state index in [1.807, 2.05) is 87.5 Å². The molecule has 1 unspecified atom stereocenters. The Hall–Kier alpha value is -4.14. The predicted molar refractivity (Wildman–Crippen MR) is 176 cm³/mol. The van der Waals surface area contributed by atoms with Crippen LogP contribution < -0.4 is 9.62 Å². The van der Waals surface area contributed by atoms with Crippen molar-refractivity contribution in [2.75, 3.05) is 17.4 Å². The highest BCUT2D eigenvalue weighted by molar-refractivity contribution is 7.92. The van der Waals surface area contributed by atoms with Crippen LogP contribution in [-0.4, -0.2) is 44.3 Å². The minimum atomic E-state index is -4.19. The highest BCUT2D eigenvalue weighted by Crippen LogP contribution is 2.26. The van der Waals surface area contributed by atoms with Crippen molar-refractivity contribution in [1.29, 1.82) is 0 Å². The molecule has 4 aromatic rings. The third kappa shape index (κ3) is 8.71. The van der Waals surface area contributed by atoms with Gasteiger partial charge in [0.05, 0.1) is 10.6 Å². The summed E-state index contributed by atoms with van der Waals surface area (Å²) < 4.78 is 29.3. The number of amides is 2. The maximum atomic E-state index is 14.4. The molecule has 0 fully saturated rings. The maximum Gasteiger partial charge on any atom is 0.264 e. The Labute approximate surface area is 265 Å². The van der Waals surface area contributed by atoms with Gasteiger partial charge in [0.1, 0.15) is 12.6 Å². The molecule has 4 rings (SSSR count). The molecule has 0 aliphatic rings. The number of carbonyl (C=O) groups is 2. The van der Waals surface area contributed by atoms with Crippen molar-refractivity contribution in [2.45, 2.75) is 44.7 Å². The van der Waals surface area contributed by atoms with E-state index in [0.717, 1.165) is 21.0 Å². The van der Waals surface area contributed by atoms with Crippen molar-refractivity contribution in [2.24, 2.45) is 5.92 Å². The first kappa shape index (κ1) is 32.8. The molecule has 4 aromatic carbocycles. The Morgan fingerprint density at radius 3 is 2.02 bits per heavy atom. The summed E-state index contributed by atoms with van der Waals surface area (Å²) in [6.07, 6.45) is 0.262. The summed E-state index contributed by atoms with van der Waals surface area (Å²) in [5.74, 6) is -0.598. The van der Waals surface area contributed by atoms with Crippen LogP contribution in [0.25, 0.3) is 0 Å². The highest BCUT2D eigenvalue weighted by atomic mass is 35.5. The third-order valence-corrected chi connectivity index (χ3v) is 9.16. The zero-order chi connectivity index (χ0) is 31.7. The fourth-order valence-corrected chi connectivity index (χ4v) is 6.33. The lowest BCUT2D eigenvalue weighted by molar-refractivity contribution is -0.140. The van der Waals surface area contributed by atoms with Gasteiger partial charge in [0.2, 0.25) is 11.8 Å². The van der Waals surface area contributed by atoms with Gasteiger partial charge in [-0.15, -0.1) is 0 Å². The minimum Gasteiger partial charge on any atom is -0.354 e. The van der Waals surface area contributed by atoms with Crippen molar-refractivity contribution in [3.63, 3.8) is 0 Å². The highest BCUT2D eigenvalue weighted by Gasteiger charge is 2.34. The lowest BCUT2D eigenvalue weighted by Gasteiger charge is -2.34. The molecule has 1 N–H and O–H groups in total. The van der Waals surface area contributed by atoms with Gasteiger partial charge in [0, 0.05) is 24.5 Å².